The first-order chi connectivity index (χ1) is 14.4. The van der Waals surface area contributed by atoms with Gasteiger partial charge in [0.1, 0.15) is 5.75 Å². The fraction of sp³-hybridized carbons (Fsp3) is 0.333. The molecular weight excluding hydrogens is 452 g/mol. The summed E-state index contributed by atoms with van der Waals surface area (Å²) < 4.78 is 45.4. The largest absolute Gasteiger partial charge is 0.514 e. The van der Waals surface area contributed by atoms with Gasteiger partial charge in [-0.2, -0.15) is 0 Å². The molecule has 2 atom stereocenters. The van der Waals surface area contributed by atoms with Crippen molar-refractivity contribution in [3.8, 4) is 5.75 Å². The number of benzene rings is 1. The van der Waals surface area contributed by atoms with Crippen molar-refractivity contribution in [1.82, 2.24) is 4.98 Å². The first-order valence-corrected chi connectivity index (χ1v) is 12.2. The van der Waals surface area contributed by atoms with E-state index in [2.05, 4.69) is 4.98 Å². The fourth-order valence-electron chi connectivity index (χ4n) is 2.71. The number of ether oxygens (including phenoxy) is 2. The van der Waals surface area contributed by atoms with E-state index in [9.17, 15) is 28.8 Å². The lowest BCUT2D eigenvalue weighted by molar-refractivity contribution is -0.0579. The molecule has 1 fully saturated rings. The topological polar surface area (TPSA) is 162 Å². The molecule has 1 aliphatic rings. The third kappa shape index (κ3) is 5.05. The molecule has 11 nitrogen and oxygen atoms in total. The van der Waals surface area contributed by atoms with Gasteiger partial charge in [-0.1, -0.05) is 18.2 Å². The van der Waals surface area contributed by atoms with Crippen LogP contribution in [0.5, 0.6) is 5.75 Å². The highest BCUT2D eigenvalue weighted by atomic mass is 31.2. The molecule has 1 saturated heterocycles. The Morgan fingerprint density at radius 2 is 1.77 bits per heavy atom. The van der Waals surface area contributed by atoms with Crippen LogP contribution in [0.25, 0.3) is 0 Å². The van der Waals surface area contributed by atoms with Crippen molar-refractivity contribution < 1.29 is 47.3 Å². The SMILES string of the molecule is CC(C)OC(=O)Oc1ccc(C2OP(=O)(O)C(O)(Cc3cccnc3)P(=O)(O)O2)cc1. The maximum Gasteiger partial charge on any atom is 0.514 e. The molecule has 3 rings (SSSR count). The van der Waals surface area contributed by atoms with Gasteiger partial charge in [0.25, 0.3) is 5.08 Å². The van der Waals surface area contributed by atoms with Gasteiger partial charge in [0.15, 0.2) is 0 Å². The van der Waals surface area contributed by atoms with E-state index in [1.165, 1.54) is 48.8 Å². The molecule has 13 heteroatoms. The summed E-state index contributed by atoms with van der Waals surface area (Å²) in [6.45, 7) is 3.30. The van der Waals surface area contributed by atoms with E-state index in [0.29, 0.717) is 0 Å². The van der Waals surface area contributed by atoms with Crippen LogP contribution in [0.4, 0.5) is 4.79 Å². The maximum atomic E-state index is 12.8. The Kier molecular flexibility index (Phi) is 6.69. The van der Waals surface area contributed by atoms with E-state index in [1.807, 2.05) is 0 Å². The fourth-order valence-corrected chi connectivity index (χ4v) is 6.29. The van der Waals surface area contributed by atoms with Crippen LogP contribution < -0.4 is 4.74 Å². The molecule has 0 aliphatic carbocycles. The summed E-state index contributed by atoms with van der Waals surface area (Å²) in [5.74, 6) is 0.0951. The molecule has 1 aromatic heterocycles. The molecule has 3 N–H and O–H groups in total. The minimum absolute atomic E-state index is 0.0801. The number of carbonyl (C=O) groups excluding carboxylic acids is 1. The van der Waals surface area contributed by atoms with Gasteiger partial charge >= 0.3 is 21.3 Å². The zero-order valence-electron chi connectivity index (χ0n) is 16.5. The summed E-state index contributed by atoms with van der Waals surface area (Å²) >= 11 is 0. The molecule has 1 aliphatic heterocycles. The number of hydrogen-bond acceptors (Lipinski definition) is 9. The summed E-state index contributed by atoms with van der Waals surface area (Å²) in [6, 6.07) is 8.18. The summed E-state index contributed by atoms with van der Waals surface area (Å²) in [5, 5.41) is 7.60. The Morgan fingerprint density at radius 1 is 1.16 bits per heavy atom. The lowest BCUT2D eigenvalue weighted by Crippen LogP contribution is -2.37. The predicted octanol–water partition coefficient (Wildman–Crippen LogP) is 3.31. The highest BCUT2D eigenvalue weighted by Crippen LogP contribution is 2.79. The average Bonchev–Trinajstić information content (AvgIpc) is 2.66. The van der Waals surface area contributed by atoms with Gasteiger partial charge < -0.3 is 24.4 Å². The van der Waals surface area contributed by atoms with Crippen molar-refractivity contribution in [2.24, 2.45) is 0 Å². The van der Waals surface area contributed by atoms with E-state index in [-0.39, 0.29) is 23.0 Å². The van der Waals surface area contributed by atoms with Gasteiger partial charge in [0.05, 0.1) is 6.10 Å². The smallest absolute Gasteiger partial charge is 0.431 e. The zero-order chi connectivity index (χ0) is 22.9. The minimum Gasteiger partial charge on any atom is -0.431 e. The Balaban J connectivity index is 1.79. The van der Waals surface area contributed by atoms with E-state index < -0.39 is 39.1 Å². The van der Waals surface area contributed by atoms with E-state index >= 15 is 0 Å². The maximum absolute atomic E-state index is 12.8. The second kappa shape index (κ2) is 8.80. The summed E-state index contributed by atoms with van der Waals surface area (Å²) in [7, 11) is -10.2. The molecule has 0 saturated carbocycles. The molecule has 0 amide bonds. The van der Waals surface area contributed by atoms with Crippen LogP contribution in [0, 0.1) is 0 Å². The van der Waals surface area contributed by atoms with Crippen molar-refractivity contribution in [3.05, 3.63) is 59.9 Å². The lowest BCUT2D eigenvalue weighted by atomic mass is 10.2. The second-order valence-corrected chi connectivity index (χ2v) is 11.3. The van der Waals surface area contributed by atoms with Gasteiger partial charge in [0, 0.05) is 24.4 Å². The average molecular weight is 473 g/mol. The molecule has 0 bridgehead atoms. The van der Waals surface area contributed by atoms with Crippen LogP contribution in [0.3, 0.4) is 0 Å². The zero-order valence-corrected chi connectivity index (χ0v) is 18.3. The summed E-state index contributed by atoms with van der Waals surface area (Å²) in [5.41, 5.74) is 0.311. The number of rotatable bonds is 5. The molecular formula is C18H21NO10P2. The summed E-state index contributed by atoms with van der Waals surface area (Å²) in [6.07, 6.45) is -1.01. The van der Waals surface area contributed by atoms with Gasteiger partial charge in [-0.3, -0.25) is 23.2 Å². The van der Waals surface area contributed by atoms with Crippen molar-refractivity contribution in [2.45, 2.75) is 37.7 Å². The molecule has 31 heavy (non-hydrogen) atoms. The van der Waals surface area contributed by atoms with Gasteiger partial charge in [0.2, 0.25) is 6.29 Å². The monoisotopic (exact) mass is 473 g/mol. The minimum atomic E-state index is -5.08. The van der Waals surface area contributed by atoms with E-state index in [1.54, 1.807) is 13.8 Å². The van der Waals surface area contributed by atoms with Crippen molar-refractivity contribution >= 4 is 21.3 Å². The number of pyridine rings is 1. The Hall–Kier alpha value is -2.10. The van der Waals surface area contributed by atoms with Gasteiger partial charge in [-0.25, -0.2) is 4.79 Å². The van der Waals surface area contributed by atoms with Crippen molar-refractivity contribution in [1.29, 1.82) is 0 Å². The van der Waals surface area contributed by atoms with Crippen molar-refractivity contribution in [2.75, 3.05) is 0 Å². The van der Waals surface area contributed by atoms with Crippen LogP contribution in [0.15, 0.2) is 48.8 Å². The quantitative estimate of drug-likeness (QED) is 0.332. The molecule has 2 heterocycles. The predicted molar refractivity (Wildman–Crippen MR) is 106 cm³/mol. The number of carbonyl (C=O) groups is 1. The Bertz CT molecular complexity index is 1000. The molecule has 2 unspecified atom stereocenters. The number of hydrogen-bond donors (Lipinski definition) is 3. The number of aliphatic hydroxyl groups is 1. The van der Waals surface area contributed by atoms with Gasteiger partial charge in [-0.05, 0) is 37.6 Å². The third-order valence-electron chi connectivity index (χ3n) is 4.23. The molecule has 1 aromatic carbocycles. The third-order valence-corrected chi connectivity index (χ3v) is 8.83. The van der Waals surface area contributed by atoms with E-state index in [4.69, 9.17) is 18.5 Å². The van der Waals surface area contributed by atoms with Crippen LogP contribution >= 0.6 is 15.2 Å². The van der Waals surface area contributed by atoms with Crippen LogP contribution in [-0.2, 0) is 29.3 Å². The van der Waals surface area contributed by atoms with Crippen LogP contribution in [0.1, 0.15) is 31.3 Å². The van der Waals surface area contributed by atoms with E-state index in [0.717, 1.165) is 0 Å². The normalized spacial score (nSPS) is 30.7. The Labute approximate surface area is 177 Å². The highest BCUT2D eigenvalue weighted by molar-refractivity contribution is 7.73. The standard InChI is InChI=1S/C18H21NO10P2/c1-12(2)26-17(20)27-15-7-5-14(6-8-15)16-28-30(22,23)18(21,31(24,25)29-16)10-13-4-3-9-19-11-13/h3-9,11-12,16,21H,10H2,1-2H3,(H,22,23)(H,24,25). The number of nitrogens with zero attached hydrogens (tertiary/aromatic N) is 1. The van der Waals surface area contributed by atoms with Crippen molar-refractivity contribution in [3.63, 3.8) is 0 Å². The lowest BCUT2D eigenvalue weighted by Gasteiger charge is -2.41. The number of aromatic nitrogens is 1. The van der Waals surface area contributed by atoms with Crippen LogP contribution in [-0.4, -0.2) is 37.2 Å². The second-order valence-electron chi connectivity index (χ2n) is 6.98. The molecule has 0 spiro atoms. The van der Waals surface area contributed by atoms with Crippen LogP contribution in [0.2, 0.25) is 0 Å². The first-order valence-electron chi connectivity index (χ1n) is 9.06. The molecule has 0 radical (unpaired) electrons. The van der Waals surface area contributed by atoms with Gasteiger partial charge in [-0.15, -0.1) is 0 Å². The first kappa shape index (κ1) is 23.6. The summed E-state index contributed by atoms with van der Waals surface area (Å²) in [4.78, 5) is 36.0. The Morgan fingerprint density at radius 3 is 2.29 bits per heavy atom. The molecule has 2 aromatic rings. The molecule has 168 valence electrons. The highest BCUT2D eigenvalue weighted by Gasteiger charge is 2.67.